The molecule has 0 saturated carbocycles. The van der Waals surface area contributed by atoms with E-state index in [-0.39, 0.29) is 18.5 Å². The van der Waals surface area contributed by atoms with Gasteiger partial charge in [0.15, 0.2) is 6.10 Å². The van der Waals surface area contributed by atoms with Gasteiger partial charge in [-0.25, -0.2) is 0 Å². The van der Waals surface area contributed by atoms with E-state index in [1.54, 1.807) is 0 Å². The third-order valence-corrected chi connectivity index (χ3v) is 12.1. The Morgan fingerprint density at radius 2 is 0.569 bits per heavy atom. The van der Waals surface area contributed by atoms with E-state index in [9.17, 15) is 9.59 Å². The quantitative estimate of drug-likeness (QED) is 0.0452. The first-order valence-corrected chi connectivity index (χ1v) is 26.6. The molecule has 0 radical (unpaired) electrons. The van der Waals surface area contributed by atoms with Gasteiger partial charge in [-0.15, -0.1) is 0 Å². The smallest absolute Gasteiger partial charge is 0.306 e. The Morgan fingerprint density at radius 3 is 0.879 bits per heavy atom. The van der Waals surface area contributed by atoms with Gasteiger partial charge in [-0.2, -0.15) is 0 Å². The predicted molar refractivity (Wildman–Crippen MR) is 252 cm³/mol. The molecule has 0 aliphatic carbocycles. The van der Waals surface area contributed by atoms with E-state index in [4.69, 9.17) is 14.2 Å². The molecule has 0 heterocycles. The van der Waals surface area contributed by atoms with Crippen molar-refractivity contribution < 1.29 is 23.8 Å². The lowest BCUT2D eigenvalue weighted by molar-refractivity contribution is -0.163. The minimum absolute atomic E-state index is 0.0978. The van der Waals surface area contributed by atoms with Crippen LogP contribution in [0.1, 0.15) is 303 Å². The van der Waals surface area contributed by atoms with Crippen LogP contribution in [0.3, 0.4) is 0 Å². The highest BCUT2D eigenvalue weighted by atomic mass is 16.6. The molecule has 0 saturated heterocycles. The Hall–Kier alpha value is -1.10. The molecule has 0 amide bonds. The lowest BCUT2D eigenvalue weighted by Gasteiger charge is -2.18. The largest absolute Gasteiger partial charge is 0.462 e. The van der Waals surface area contributed by atoms with Gasteiger partial charge < -0.3 is 14.2 Å². The van der Waals surface area contributed by atoms with E-state index in [1.165, 1.54) is 238 Å². The Bertz CT molecular complexity index is 799. The van der Waals surface area contributed by atoms with Crippen molar-refractivity contribution >= 4 is 11.9 Å². The molecule has 0 aliphatic heterocycles. The van der Waals surface area contributed by atoms with Crippen molar-refractivity contribution in [1.29, 1.82) is 0 Å². The second-order valence-corrected chi connectivity index (χ2v) is 18.2. The molecular formula is C53H104O5. The molecule has 0 rings (SSSR count). The van der Waals surface area contributed by atoms with Crippen molar-refractivity contribution in [2.75, 3.05) is 19.8 Å². The van der Waals surface area contributed by atoms with Crippen molar-refractivity contribution in [3.63, 3.8) is 0 Å². The summed E-state index contributed by atoms with van der Waals surface area (Å²) in [6, 6.07) is 0. The lowest BCUT2D eigenvalue weighted by Crippen LogP contribution is -2.30. The summed E-state index contributed by atoms with van der Waals surface area (Å²) in [5.74, 6) is -0.370. The van der Waals surface area contributed by atoms with Gasteiger partial charge in [0.2, 0.25) is 0 Å². The molecule has 5 nitrogen and oxygen atoms in total. The van der Waals surface area contributed by atoms with Crippen molar-refractivity contribution in [2.24, 2.45) is 0 Å². The van der Waals surface area contributed by atoms with E-state index >= 15 is 0 Å². The summed E-state index contributed by atoms with van der Waals surface area (Å²) in [7, 11) is 0. The summed E-state index contributed by atoms with van der Waals surface area (Å²) in [4.78, 5) is 25.4. The van der Waals surface area contributed by atoms with Crippen LogP contribution in [0.25, 0.3) is 0 Å². The van der Waals surface area contributed by atoms with Crippen LogP contribution >= 0.6 is 0 Å². The van der Waals surface area contributed by atoms with Gasteiger partial charge in [0.05, 0.1) is 6.61 Å². The first-order chi connectivity index (χ1) is 28.6. The van der Waals surface area contributed by atoms with Crippen LogP contribution in [0.2, 0.25) is 0 Å². The van der Waals surface area contributed by atoms with Crippen LogP contribution in [-0.2, 0) is 23.8 Å². The average molecular weight is 821 g/mol. The molecule has 0 aromatic heterocycles. The first-order valence-electron chi connectivity index (χ1n) is 26.6. The number of rotatable bonds is 50. The topological polar surface area (TPSA) is 61.8 Å². The third kappa shape index (κ3) is 47.6. The number of hydrogen-bond acceptors (Lipinski definition) is 5. The van der Waals surface area contributed by atoms with Gasteiger partial charge in [-0.05, 0) is 19.3 Å². The molecule has 0 bridgehead atoms. The van der Waals surface area contributed by atoms with E-state index < -0.39 is 6.10 Å². The third-order valence-electron chi connectivity index (χ3n) is 12.1. The van der Waals surface area contributed by atoms with Gasteiger partial charge >= 0.3 is 11.9 Å². The maximum absolute atomic E-state index is 12.8. The standard InChI is InChI=1S/C53H104O5/c1-4-7-10-13-16-19-22-25-26-27-28-30-31-34-37-40-43-46-52(54)57-50-51(49-56-48-45-42-39-36-33-24-21-18-15-12-9-6-3)58-53(55)47-44-41-38-35-32-29-23-20-17-14-11-8-5-2/h51H,4-50H2,1-3H3. The number of carbonyl (C=O) groups excluding carboxylic acids is 2. The monoisotopic (exact) mass is 821 g/mol. The van der Waals surface area contributed by atoms with Gasteiger partial charge in [-0.3, -0.25) is 9.59 Å². The second-order valence-electron chi connectivity index (χ2n) is 18.2. The number of esters is 2. The summed E-state index contributed by atoms with van der Waals surface area (Å²) < 4.78 is 17.4. The van der Waals surface area contributed by atoms with Gasteiger partial charge in [-0.1, -0.05) is 271 Å². The molecule has 1 unspecified atom stereocenters. The maximum atomic E-state index is 12.8. The summed E-state index contributed by atoms with van der Waals surface area (Å²) in [5, 5.41) is 0. The maximum Gasteiger partial charge on any atom is 0.306 e. The molecule has 0 N–H and O–H groups in total. The molecule has 0 fully saturated rings. The normalized spacial score (nSPS) is 12.0. The Morgan fingerprint density at radius 1 is 0.310 bits per heavy atom. The van der Waals surface area contributed by atoms with Crippen LogP contribution in [0, 0.1) is 0 Å². The van der Waals surface area contributed by atoms with E-state index in [1.807, 2.05) is 0 Å². The summed E-state index contributed by atoms with van der Waals surface area (Å²) >= 11 is 0. The van der Waals surface area contributed by atoms with Crippen LogP contribution in [-0.4, -0.2) is 37.9 Å². The molecule has 5 heteroatoms. The molecule has 1 atom stereocenters. The van der Waals surface area contributed by atoms with Crippen molar-refractivity contribution in [3.05, 3.63) is 0 Å². The summed E-state index contributed by atoms with van der Waals surface area (Å²) in [6.07, 6.45) is 55.3. The number of hydrogen-bond donors (Lipinski definition) is 0. The second kappa shape index (κ2) is 50.3. The van der Waals surface area contributed by atoms with Crippen molar-refractivity contribution in [1.82, 2.24) is 0 Å². The molecule has 0 aromatic rings. The number of carbonyl (C=O) groups is 2. The highest BCUT2D eigenvalue weighted by Crippen LogP contribution is 2.17. The zero-order chi connectivity index (χ0) is 42.1. The van der Waals surface area contributed by atoms with E-state index in [2.05, 4.69) is 20.8 Å². The van der Waals surface area contributed by atoms with Crippen LogP contribution in [0.5, 0.6) is 0 Å². The van der Waals surface area contributed by atoms with Crippen molar-refractivity contribution in [2.45, 2.75) is 309 Å². The molecule has 0 spiro atoms. The predicted octanol–water partition coefficient (Wildman–Crippen LogP) is 17.7. The Kier molecular flexibility index (Phi) is 49.3. The molecule has 0 aromatic carbocycles. The van der Waals surface area contributed by atoms with Gasteiger partial charge in [0, 0.05) is 19.4 Å². The van der Waals surface area contributed by atoms with Gasteiger partial charge in [0.25, 0.3) is 0 Å². The van der Waals surface area contributed by atoms with Gasteiger partial charge in [0.1, 0.15) is 6.61 Å². The fourth-order valence-corrected chi connectivity index (χ4v) is 8.16. The number of unbranched alkanes of at least 4 members (excludes halogenated alkanes) is 39. The molecular weight excluding hydrogens is 717 g/mol. The Labute approximate surface area is 363 Å². The fraction of sp³-hybridized carbons (Fsp3) is 0.962. The Balaban J connectivity index is 4.15. The summed E-state index contributed by atoms with van der Waals surface area (Å²) in [6.45, 7) is 7.91. The molecule has 346 valence electrons. The minimum Gasteiger partial charge on any atom is -0.462 e. The highest BCUT2D eigenvalue weighted by molar-refractivity contribution is 5.70. The fourth-order valence-electron chi connectivity index (χ4n) is 8.16. The van der Waals surface area contributed by atoms with Crippen molar-refractivity contribution in [3.8, 4) is 0 Å². The van der Waals surface area contributed by atoms with Crippen LogP contribution < -0.4 is 0 Å². The minimum atomic E-state index is -0.522. The van der Waals surface area contributed by atoms with E-state index in [0.717, 1.165) is 32.1 Å². The summed E-state index contributed by atoms with van der Waals surface area (Å²) in [5.41, 5.74) is 0. The zero-order valence-corrected chi connectivity index (χ0v) is 39.9. The van der Waals surface area contributed by atoms with E-state index in [0.29, 0.717) is 26.1 Å². The molecule has 0 aliphatic rings. The highest BCUT2D eigenvalue weighted by Gasteiger charge is 2.17. The molecule has 58 heavy (non-hydrogen) atoms. The van der Waals surface area contributed by atoms with Crippen LogP contribution in [0.15, 0.2) is 0 Å². The lowest BCUT2D eigenvalue weighted by atomic mass is 10.0. The first kappa shape index (κ1) is 56.9. The number of ether oxygens (including phenoxy) is 3. The SMILES string of the molecule is CCCCCCCCCCCCCCCCCCCC(=O)OCC(COCCCCCCCCCCCCCC)OC(=O)CCCCCCCCCCCCCCC. The zero-order valence-electron chi connectivity index (χ0n) is 39.9. The van der Waals surface area contributed by atoms with Crippen LogP contribution in [0.4, 0.5) is 0 Å². The average Bonchev–Trinajstić information content (AvgIpc) is 3.22.